The van der Waals surface area contributed by atoms with Gasteiger partial charge in [0.15, 0.2) is 0 Å². The highest BCUT2D eigenvalue weighted by Gasteiger charge is 2.37. The fraction of sp³-hybridized carbons (Fsp3) is 0.786. The zero-order valence-electron chi connectivity index (χ0n) is 12.0. The summed E-state index contributed by atoms with van der Waals surface area (Å²) < 4.78 is 29.2. The van der Waals surface area contributed by atoms with Crippen LogP contribution >= 0.6 is 15.9 Å². The molecular weight excluding hydrogens is 328 g/mol. The first-order chi connectivity index (χ1) is 9.34. The van der Waals surface area contributed by atoms with Crippen molar-refractivity contribution in [1.29, 1.82) is 0 Å². The molecule has 1 saturated carbocycles. The van der Waals surface area contributed by atoms with Crippen LogP contribution in [0.4, 0.5) is 8.78 Å². The Morgan fingerprint density at radius 3 is 2.55 bits per heavy atom. The van der Waals surface area contributed by atoms with Gasteiger partial charge in [-0.05, 0) is 41.1 Å². The lowest BCUT2D eigenvalue weighted by atomic mass is 9.81. The van der Waals surface area contributed by atoms with Gasteiger partial charge in [-0.15, -0.1) is 0 Å². The summed E-state index contributed by atoms with van der Waals surface area (Å²) in [5.74, 6) is -2.31. The SMILES string of the molecule is CCc1nn(C)c(CC(N)C2CCC(F)(F)CC2)c1Br. The van der Waals surface area contributed by atoms with Crippen molar-refractivity contribution in [3.8, 4) is 0 Å². The van der Waals surface area contributed by atoms with Crippen LogP contribution in [-0.2, 0) is 19.9 Å². The molecule has 1 aromatic heterocycles. The van der Waals surface area contributed by atoms with E-state index in [1.165, 1.54) is 0 Å². The predicted molar refractivity (Wildman–Crippen MR) is 78.9 cm³/mol. The normalized spacial score (nSPS) is 21.1. The highest BCUT2D eigenvalue weighted by molar-refractivity contribution is 9.10. The van der Waals surface area contributed by atoms with E-state index in [4.69, 9.17) is 5.73 Å². The summed E-state index contributed by atoms with van der Waals surface area (Å²) >= 11 is 3.57. The minimum Gasteiger partial charge on any atom is -0.327 e. The monoisotopic (exact) mass is 349 g/mol. The van der Waals surface area contributed by atoms with E-state index in [-0.39, 0.29) is 24.8 Å². The second-order valence-electron chi connectivity index (χ2n) is 5.75. The van der Waals surface area contributed by atoms with Gasteiger partial charge in [0, 0.05) is 32.4 Å². The van der Waals surface area contributed by atoms with Gasteiger partial charge in [-0.1, -0.05) is 6.92 Å². The number of aromatic nitrogens is 2. The number of halogens is 3. The van der Waals surface area contributed by atoms with E-state index in [1.807, 2.05) is 11.7 Å². The van der Waals surface area contributed by atoms with Crippen LogP contribution < -0.4 is 5.73 Å². The molecule has 1 aromatic rings. The topological polar surface area (TPSA) is 43.8 Å². The second kappa shape index (κ2) is 6.10. The molecule has 1 unspecified atom stereocenters. The number of hydrogen-bond acceptors (Lipinski definition) is 2. The minimum atomic E-state index is -2.49. The highest BCUT2D eigenvalue weighted by atomic mass is 79.9. The maximum Gasteiger partial charge on any atom is 0.248 e. The molecule has 114 valence electrons. The molecule has 0 bridgehead atoms. The van der Waals surface area contributed by atoms with Crippen LogP contribution in [0.5, 0.6) is 0 Å². The molecule has 1 aliphatic rings. The second-order valence-corrected chi connectivity index (χ2v) is 6.54. The molecule has 0 spiro atoms. The van der Waals surface area contributed by atoms with Crippen LogP contribution in [0.2, 0.25) is 0 Å². The maximum atomic E-state index is 13.2. The van der Waals surface area contributed by atoms with E-state index >= 15 is 0 Å². The molecule has 0 aliphatic heterocycles. The Balaban J connectivity index is 2.02. The number of rotatable bonds is 4. The van der Waals surface area contributed by atoms with Crippen molar-refractivity contribution in [2.24, 2.45) is 18.7 Å². The van der Waals surface area contributed by atoms with Gasteiger partial charge in [0.25, 0.3) is 0 Å². The first kappa shape index (κ1) is 15.9. The van der Waals surface area contributed by atoms with Gasteiger partial charge < -0.3 is 5.73 Å². The lowest BCUT2D eigenvalue weighted by molar-refractivity contribution is -0.0482. The van der Waals surface area contributed by atoms with Crippen molar-refractivity contribution in [2.75, 3.05) is 0 Å². The van der Waals surface area contributed by atoms with Crippen LogP contribution in [0, 0.1) is 5.92 Å². The number of hydrogen-bond donors (Lipinski definition) is 1. The molecule has 2 N–H and O–H groups in total. The van der Waals surface area contributed by atoms with Crippen molar-refractivity contribution >= 4 is 15.9 Å². The van der Waals surface area contributed by atoms with Gasteiger partial charge in [0.1, 0.15) is 0 Å². The molecule has 1 heterocycles. The average Bonchev–Trinajstić information content (AvgIpc) is 2.66. The summed E-state index contributed by atoms with van der Waals surface area (Å²) in [6.07, 6.45) is 2.52. The van der Waals surface area contributed by atoms with E-state index < -0.39 is 5.92 Å². The van der Waals surface area contributed by atoms with Gasteiger partial charge in [0.05, 0.1) is 15.9 Å². The molecule has 20 heavy (non-hydrogen) atoms. The Bertz CT molecular complexity index is 463. The number of aryl methyl sites for hydroxylation is 2. The number of alkyl halides is 2. The van der Waals surface area contributed by atoms with E-state index in [0.29, 0.717) is 19.3 Å². The summed E-state index contributed by atoms with van der Waals surface area (Å²) in [5.41, 5.74) is 8.33. The summed E-state index contributed by atoms with van der Waals surface area (Å²) in [5, 5.41) is 4.44. The minimum absolute atomic E-state index is 0.0296. The zero-order valence-corrected chi connectivity index (χ0v) is 13.6. The molecule has 1 fully saturated rings. The van der Waals surface area contributed by atoms with Gasteiger partial charge >= 0.3 is 0 Å². The lowest BCUT2D eigenvalue weighted by Gasteiger charge is -2.32. The molecule has 0 saturated heterocycles. The molecule has 0 radical (unpaired) electrons. The Morgan fingerprint density at radius 2 is 2.05 bits per heavy atom. The van der Waals surface area contributed by atoms with Crippen LogP contribution in [0.3, 0.4) is 0 Å². The Kier molecular flexibility index (Phi) is 4.84. The van der Waals surface area contributed by atoms with Crippen LogP contribution in [0.1, 0.15) is 44.0 Å². The quantitative estimate of drug-likeness (QED) is 0.904. The maximum absolute atomic E-state index is 13.2. The van der Waals surface area contributed by atoms with Crippen molar-refractivity contribution < 1.29 is 8.78 Å². The van der Waals surface area contributed by atoms with Crippen LogP contribution in [0.25, 0.3) is 0 Å². The van der Waals surface area contributed by atoms with Gasteiger partial charge in [0.2, 0.25) is 5.92 Å². The summed E-state index contributed by atoms with van der Waals surface area (Å²) in [6.45, 7) is 2.06. The number of nitrogens with zero attached hydrogens (tertiary/aromatic N) is 2. The zero-order chi connectivity index (χ0) is 14.9. The fourth-order valence-corrected chi connectivity index (χ4v) is 3.70. The molecule has 1 atom stereocenters. The number of nitrogens with two attached hydrogens (primary N) is 1. The molecule has 3 nitrogen and oxygen atoms in total. The van der Waals surface area contributed by atoms with Crippen molar-refractivity contribution in [3.05, 3.63) is 15.9 Å². The van der Waals surface area contributed by atoms with Crippen LogP contribution in [-0.4, -0.2) is 21.7 Å². The summed E-state index contributed by atoms with van der Waals surface area (Å²) in [4.78, 5) is 0. The summed E-state index contributed by atoms with van der Waals surface area (Å²) in [6, 6.07) is -0.0810. The van der Waals surface area contributed by atoms with Gasteiger partial charge in [-0.3, -0.25) is 4.68 Å². The molecule has 0 aromatic carbocycles. The Labute approximate surface area is 127 Å². The molecular formula is C14H22BrF2N3. The third-order valence-electron chi connectivity index (χ3n) is 4.30. The summed E-state index contributed by atoms with van der Waals surface area (Å²) in [7, 11) is 1.90. The Morgan fingerprint density at radius 1 is 1.45 bits per heavy atom. The molecule has 6 heteroatoms. The van der Waals surface area contributed by atoms with Crippen molar-refractivity contribution in [2.45, 2.75) is 57.4 Å². The third kappa shape index (κ3) is 3.39. The van der Waals surface area contributed by atoms with Gasteiger partial charge in [-0.25, -0.2) is 8.78 Å². The average molecular weight is 350 g/mol. The first-order valence-electron chi connectivity index (χ1n) is 7.17. The van der Waals surface area contributed by atoms with E-state index in [2.05, 4.69) is 28.0 Å². The highest BCUT2D eigenvalue weighted by Crippen LogP contribution is 2.38. The van der Waals surface area contributed by atoms with E-state index in [0.717, 1.165) is 22.3 Å². The van der Waals surface area contributed by atoms with Crippen molar-refractivity contribution in [3.63, 3.8) is 0 Å². The fourth-order valence-electron chi connectivity index (χ4n) is 2.92. The third-order valence-corrected chi connectivity index (χ3v) is 5.21. The largest absolute Gasteiger partial charge is 0.327 e. The Hall–Kier alpha value is -0.490. The molecule has 2 rings (SSSR count). The van der Waals surface area contributed by atoms with Crippen LogP contribution in [0.15, 0.2) is 4.47 Å². The lowest BCUT2D eigenvalue weighted by Crippen LogP contribution is -2.38. The first-order valence-corrected chi connectivity index (χ1v) is 7.97. The smallest absolute Gasteiger partial charge is 0.248 e. The molecule has 1 aliphatic carbocycles. The van der Waals surface area contributed by atoms with E-state index in [9.17, 15) is 8.78 Å². The van der Waals surface area contributed by atoms with Crippen molar-refractivity contribution in [1.82, 2.24) is 9.78 Å². The molecule has 0 amide bonds. The predicted octanol–water partition coefficient (Wildman–Crippen LogP) is 3.44. The van der Waals surface area contributed by atoms with E-state index in [1.54, 1.807) is 0 Å². The van der Waals surface area contributed by atoms with Gasteiger partial charge in [-0.2, -0.15) is 5.10 Å². The standard InChI is InChI=1S/C14H22BrF2N3/c1-3-11-13(15)12(20(2)19-11)8-10(18)9-4-6-14(16,17)7-5-9/h9-10H,3-8,18H2,1-2H3.